The monoisotopic (exact) mass is 228 g/mol. The lowest BCUT2D eigenvalue weighted by Gasteiger charge is -2.31. The van der Waals surface area contributed by atoms with Crippen LogP contribution in [0, 0.1) is 0 Å². The van der Waals surface area contributed by atoms with Crippen molar-refractivity contribution in [3.8, 4) is 0 Å². The molecule has 88 valence electrons. The summed E-state index contributed by atoms with van der Waals surface area (Å²) in [5.41, 5.74) is 7.93. The van der Waals surface area contributed by atoms with E-state index >= 15 is 0 Å². The Morgan fingerprint density at radius 3 is 2.53 bits per heavy atom. The molecule has 0 amide bonds. The highest BCUT2D eigenvalue weighted by Gasteiger charge is 2.31. The fourth-order valence-corrected chi connectivity index (χ4v) is 1.80. The minimum Gasteiger partial charge on any atom is -0.357 e. The Kier molecular flexibility index (Phi) is 2.86. The highest BCUT2D eigenvalue weighted by molar-refractivity contribution is 5.91. The van der Waals surface area contributed by atoms with Crippen LogP contribution < -0.4 is 11.1 Å². The summed E-state index contributed by atoms with van der Waals surface area (Å²) in [6.45, 7) is 3.48. The first kappa shape index (κ1) is 11.6. The van der Waals surface area contributed by atoms with Crippen LogP contribution in [0.15, 0.2) is 48.1 Å². The number of benzene rings is 1. The first-order valence-electron chi connectivity index (χ1n) is 5.56. The Morgan fingerprint density at radius 2 is 1.94 bits per heavy atom. The Labute approximate surface area is 101 Å². The molecule has 1 heterocycles. The molecule has 3 nitrogen and oxygen atoms in total. The maximum Gasteiger partial charge on any atom is 0.173 e. The maximum absolute atomic E-state index is 11.5. The Balaban J connectivity index is 2.41. The molecule has 17 heavy (non-hydrogen) atoms. The van der Waals surface area contributed by atoms with Gasteiger partial charge in [0, 0.05) is 5.70 Å². The summed E-state index contributed by atoms with van der Waals surface area (Å²) in [5.74, 6) is -0.102. The van der Waals surface area contributed by atoms with Gasteiger partial charge in [-0.25, -0.2) is 0 Å². The molecule has 0 aliphatic carbocycles. The van der Waals surface area contributed by atoms with Crippen LogP contribution >= 0.6 is 0 Å². The van der Waals surface area contributed by atoms with Crippen molar-refractivity contribution in [3.05, 3.63) is 53.6 Å². The fourth-order valence-electron chi connectivity index (χ4n) is 1.80. The van der Waals surface area contributed by atoms with E-state index in [1.54, 1.807) is 6.08 Å². The van der Waals surface area contributed by atoms with E-state index in [0.29, 0.717) is 0 Å². The highest BCUT2D eigenvalue weighted by Crippen LogP contribution is 2.23. The molecule has 3 N–H and O–H groups in total. The number of carbonyl (C=O) groups excluding carboxylic acids is 1. The van der Waals surface area contributed by atoms with E-state index in [9.17, 15) is 4.79 Å². The van der Waals surface area contributed by atoms with Gasteiger partial charge >= 0.3 is 0 Å². The average Bonchev–Trinajstić information content (AvgIpc) is 2.33. The zero-order valence-electron chi connectivity index (χ0n) is 10.0. The third kappa shape index (κ3) is 2.15. The van der Waals surface area contributed by atoms with Crippen molar-refractivity contribution in [2.45, 2.75) is 19.5 Å². The van der Waals surface area contributed by atoms with Gasteiger partial charge in [0.05, 0.1) is 0 Å². The van der Waals surface area contributed by atoms with Crippen molar-refractivity contribution in [2.24, 2.45) is 5.73 Å². The summed E-state index contributed by atoms with van der Waals surface area (Å²) in [5, 5.41) is 3.12. The van der Waals surface area contributed by atoms with Crippen LogP contribution in [0.3, 0.4) is 0 Å². The second-order valence-corrected chi connectivity index (χ2v) is 4.31. The van der Waals surface area contributed by atoms with Crippen molar-refractivity contribution in [1.29, 1.82) is 0 Å². The van der Waals surface area contributed by atoms with Gasteiger partial charge in [0.1, 0.15) is 0 Å². The molecule has 1 aromatic carbocycles. The number of dihydropyridines is 1. The van der Waals surface area contributed by atoms with Gasteiger partial charge in [-0.1, -0.05) is 36.4 Å². The second kappa shape index (κ2) is 4.18. The van der Waals surface area contributed by atoms with E-state index in [1.807, 2.05) is 43.3 Å². The van der Waals surface area contributed by atoms with Gasteiger partial charge in [-0.3, -0.25) is 10.5 Å². The van der Waals surface area contributed by atoms with Crippen LogP contribution in [-0.4, -0.2) is 11.4 Å². The number of hydrogen-bond donors (Lipinski definition) is 2. The minimum absolute atomic E-state index is 0.102. The standard InChI is InChI=1S/C14H16N2O/c1-10-8-9-14(15,11(2)17)16-13(10)12-6-4-3-5-7-12/h3-9,16H,15H2,1-2H3. The van der Waals surface area contributed by atoms with E-state index < -0.39 is 5.66 Å². The van der Waals surface area contributed by atoms with Crippen molar-refractivity contribution in [3.63, 3.8) is 0 Å². The molecule has 0 radical (unpaired) electrons. The first-order chi connectivity index (χ1) is 8.03. The van der Waals surface area contributed by atoms with Crippen LogP contribution in [-0.2, 0) is 4.79 Å². The largest absolute Gasteiger partial charge is 0.357 e. The smallest absolute Gasteiger partial charge is 0.173 e. The molecule has 0 saturated heterocycles. The van der Waals surface area contributed by atoms with Crippen LogP contribution in [0.25, 0.3) is 5.70 Å². The molecule has 1 aliphatic heterocycles. The van der Waals surface area contributed by atoms with E-state index in [4.69, 9.17) is 5.73 Å². The molecular formula is C14H16N2O. The van der Waals surface area contributed by atoms with Gasteiger partial charge in [-0.05, 0) is 31.1 Å². The van der Waals surface area contributed by atoms with E-state index in [2.05, 4.69) is 5.32 Å². The third-order valence-electron chi connectivity index (χ3n) is 2.97. The summed E-state index contributed by atoms with van der Waals surface area (Å²) >= 11 is 0. The number of ketones is 1. The maximum atomic E-state index is 11.5. The lowest BCUT2D eigenvalue weighted by Crippen LogP contribution is -2.57. The number of Topliss-reactive ketones (excluding diaryl/α,β-unsaturated/α-hetero) is 1. The predicted molar refractivity (Wildman–Crippen MR) is 68.9 cm³/mol. The van der Waals surface area contributed by atoms with Crippen LogP contribution in [0.5, 0.6) is 0 Å². The molecule has 0 aromatic heterocycles. The Morgan fingerprint density at radius 1 is 1.29 bits per heavy atom. The summed E-state index contributed by atoms with van der Waals surface area (Å²) in [6, 6.07) is 9.86. The van der Waals surface area contributed by atoms with Crippen molar-refractivity contribution >= 4 is 11.5 Å². The van der Waals surface area contributed by atoms with Crippen molar-refractivity contribution in [2.75, 3.05) is 0 Å². The van der Waals surface area contributed by atoms with Gasteiger partial charge in [0.25, 0.3) is 0 Å². The normalized spacial score (nSPS) is 23.5. The van der Waals surface area contributed by atoms with Crippen LogP contribution in [0.1, 0.15) is 19.4 Å². The number of hydrogen-bond acceptors (Lipinski definition) is 3. The highest BCUT2D eigenvalue weighted by atomic mass is 16.1. The number of rotatable bonds is 2. The average molecular weight is 228 g/mol. The summed E-state index contributed by atoms with van der Waals surface area (Å²) in [6.07, 6.45) is 3.59. The summed E-state index contributed by atoms with van der Waals surface area (Å²) in [7, 11) is 0. The number of carbonyl (C=O) groups is 1. The molecule has 2 rings (SSSR count). The molecule has 3 heteroatoms. The van der Waals surface area contributed by atoms with Crippen LogP contribution in [0.2, 0.25) is 0 Å². The lowest BCUT2D eigenvalue weighted by molar-refractivity contribution is -0.121. The first-order valence-corrected chi connectivity index (χ1v) is 5.56. The molecule has 1 aromatic rings. The van der Waals surface area contributed by atoms with Gasteiger partial charge in [-0.2, -0.15) is 0 Å². The lowest BCUT2D eigenvalue weighted by atomic mass is 9.96. The molecule has 1 unspecified atom stereocenters. The second-order valence-electron chi connectivity index (χ2n) is 4.31. The zero-order valence-corrected chi connectivity index (χ0v) is 10.0. The Bertz CT molecular complexity index is 502. The number of nitrogens with two attached hydrogens (primary N) is 1. The van der Waals surface area contributed by atoms with Gasteiger partial charge in [-0.15, -0.1) is 0 Å². The predicted octanol–water partition coefficient (Wildman–Crippen LogP) is 1.82. The van der Waals surface area contributed by atoms with Crippen LogP contribution in [0.4, 0.5) is 0 Å². The van der Waals surface area contributed by atoms with Gasteiger partial charge in [0.2, 0.25) is 0 Å². The van der Waals surface area contributed by atoms with E-state index in [0.717, 1.165) is 16.8 Å². The minimum atomic E-state index is -1.09. The molecule has 0 fully saturated rings. The van der Waals surface area contributed by atoms with Gasteiger partial charge in [0.15, 0.2) is 11.4 Å². The zero-order chi connectivity index (χ0) is 12.5. The molecule has 1 aliphatic rings. The molecule has 0 spiro atoms. The number of nitrogens with one attached hydrogen (secondary N) is 1. The van der Waals surface area contributed by atoms with E-state index in [-0.39, 0.29) is 5.78 Å². The molecule has 0 bridgehead atoms. The topological polar surface area (TPSA) is 55.1 Å². The van der Waals surface area contributed by atoms with Crippen molar-refractivity contribution in [1.82, 2.24) is 5.32 Å². The summed E-state index contributed by atoms with van der Waals surface area (Å²) in [4.78, 5) is 11.5. The fraction of sp³-hybridized carbons (Fsp3) is 0.214. The summed E-state index contributed by atoms with van der Waals surface area (Å²) < 4.78 is 0. The van der Waals surface area contributed by atoms with E-state index in [1.165, 1.54) is 6.92 Å². The Hall–Kier alpha value is -1.87. The third-order valence-corrected chi connectivity index (χ3v) is 2.97. The quantitative estimate of drug-likeness (QED) is 0.811. The number of allylic oxidation sites excluding steroid dienone is 2. The SMILES string of the molecule is CC(=O)C1(N)C=CC(C)=C(c2ccccc2)N1. The van der Waals surface area contributed by atoms with Gasteiger partial charge < -0.3 is 5.32 Å². The van der Waals surface area contributed by atoms with Crippen molar-refractivity contribution < 1.29 is 4.79 Å². The molecular weight excluding hydrogens is 212 g/mol. The molecule has 0 saturated carbocycles. The molecule has 1 atom stereocenters.